The lowest BCUT2D eigenvalue weighted by Gasteiger charge is -2.23. The molecule has 0 saturated carbocycles. The van der Waals surface area contributed by atoms with Gasteiger partial charge in [-0.25, -0.2) is 23.6 Å². The summed E-state index contributed by atoms with van der Waals surface area (Å²) in [5.74, 6) is -0.983. The third kappa shape index (κ3) is 6.55. The van der Waals surface area contributed by atoms with Gasteiger partial charge < -0.3 is 19.3 Å². The summed E-state index contributed by atoms with van der Waals surface area (Å²) < 4.78 is 32.6. The summed E-state index contributed by atoms with van der Waals surface area (Å²) in [6.07, 6.45) is 1.97. The first-order chi connectivity index (χ1) is 18.0. The Morgan fingerprint density at radius 3 is 2.63 bits per heavy atom. The van der Waals surface area contributed by atoms with E-state index >= 15 is 0 Å². The average Bonchev–Trinajstić information content (AvgIpc) is 3.36. The molecule has 0 aliphatic rings. The molecule has 0 radical (unpaired) electrons. The van der Waals surface area contributed by atoms with Gasteiger partial charge >= 0.3 is 12.1 Å². The highest BCUT2D eigenvalue weighted by atomic mass is 19.1. The van der Waals surface area contributed by atoms with Crippen LogP contribution >= 0.6 is 0 Å². The van der Waals surface area contributed by atoms with Crippen LogP contribution in [0.3, 0.4) is 0 Å². The Labute approximate surface area is 218 Å². The number of halogens is 1. The maximum Gasteiger partial charge on any atom is 0.413 e. The number of aliphatic carboxylic acids is 1. The molecule has 2 N–H and O–H groups in total. The van der Waals surface area contributed by atoms with Gasteiger partial charge in [0.05, 0.1) is 11.2 Å². The number of benzene rings is 2. The number of carbonyl (C=O) groups is 2. The van der Waals surface area contributed by atoms with Gasteiger partial charge in [0.25, 0.3) is 0 Å². The fraction of sp³-hybridized carbons (Fsp3) is 0.259. The SMILES string of the molecule is C[C@H](Oc1cc2cc(F)ccc2nc1NC(=O)OC(C)(C)C)c1cc(OCC(=O)O)ccc1-n1cccn1. The normalized spacial score (nSPS) is 12.1. The molecule has 10 nitrogen and oxygen atoms in total. The number of hydrogen-bond donors (Lipinski definition) is 2. The van der Waals surface area contributed by atoms with E-state index in [0.29, 0.717) is 27.9 Å². The van der Waals surface area contributed by atoms with Crippen LogP contribution in [-0.4, -0.2) is 44.1 Å². The minimum atomic E-state index is -1.11. The Balaban J connectivity index is 1.73. The van der Waals surface area contributed by atoms with Gasteiger partial charge in [-0.1, -0.05) is 0 Å². The average molecular weight is 523 g/mol. The van der Waals surface area contributed by atoms with Crippen molar-refractivity contribution in [2.45, 2.75) is 39.4 Å². The fourth-order valence-corrected chi connectivity index (χ4v) is 3.67. The second-order valence-electron chi connectivity index (χ2n) is 9.41. The van der Waals surface area contributed by atoms with Crippen molar-refractivity contribution in [1.29, 1.82) is 0 Å². The molecule has 0 aliphatic heterocycles. The number of fused-ring (bicyclic) bond motifs is 1. The van der Waals surface area contributed by atoms with Crippen LogP contribution in [-0.2, 0) is 9.53 Å². The summed E-state index contributed by atoms with van der Waals surface area (Å²) in [6.45, 7) is 6.45. The monoisotopic (exact) mass is 522 g/mol. The molecule has 0 fully saturated rings. The van der Waals surface area contributed by atoms with Crippen molar-refractivity contribution in [3.63, 3.8) is 0 Å². The number of hydrogen-bond acceptors (Lipinski definition) is 7. The molecule has 2 heterocycles. The van der Waals surface area contributed by atoms with Crippen LogP contribution in [0.2, 0.25) is 0 Å². The van der Waals surface area contributed by atoms with Crippen LogP contribution < -0.4 is 14.8 Å². The zero-order valence-electron chi connectivity index (χ0n) is 21.3. The first-order valence-corrected chi connectivity index (χ1v) is 11.7. The predicted molar refractivity (Wildman–Crippen MR) is 137 cm³/mol. The molecule has 0 bridgehead atoms. The highest BCUT2D eigenvalue weighted by Gasteiger charge is 2.22. The number of nitrogens with one attached hydrogen (secondary N) is 1. The van der Waals surface area contributed by atoms with Crippen molar-refractivity contribution >= 4 is 28.8 Å². The molecule has 4 rings (SSSR count). The zero-order chi connectivity index (χ0) is 27.4. The second kappa shape index (κ2) is 10.8. The van der Waals surface area contributed by atoms with Gasteiger partial charge in [0, 0.05) is 23.3 Å². The van der Waals surface area contributed by atoms with Crippen molar-refractivity contribution < 1.29 is 33.3 Å². The number of anilines is 1. The minimum Gasteiger partial charge on any atom is -0.482 e. The van der Waals surface area contributed by atoms with Gasteiger partial charge in [-0.05, 0) is 76.2 Å². The van der Waals surface area contributed by atoms with Crippen molar-refractivity contribution in [2.24, 2.45) is 0 Å². The van der Waals surface area contributed by atoms with Crippen LogP contribution in [0.5, 0.6) is 11.5 Å². The van der Waals surface area contributed by atoms with E-state index in [2.05, 4.69) is 15.4 Å². The molecule has 4 aromatic rings. The van der Waals surface area contributed by atoms with E-state index in [4.69, 9.17) is 19.3 Å². The molecular formula is C27H27FN4O6. The maximum atomic E-state index is 14.0. The minimum absolute atomic E-state index is 0.0872. The van der Waals surface area contributed by atoms with Crippen molar-refractivity contribution in [3.8, 4) is 17.2 Å². The van der Waals surface area contributed by atoms with E-state index in [1.54, 1.807) is 75.1 Å². The Kier molecular flexibility index (Phi) is 7.47. The molecule has 198 valence electrons. The van der Waals surface area contributed by atoms with Crippen LogP contribution in [0.25, 0.3) is 16.6 Å². The first kappa shape index (κ1) is 26.4. The third-order valence-corrected chi connectivity index (χ3v) is 5.22. The Morgan fingerprint density at radius 2 is 1.95 bits per heavy atom. The van der Waals surface area contributed by atoms with Crippen molar-refractivity contribution in [3.05, 3.63) is 72.3 Å². The first-order valence-electron chi connectivity index (χ1n) is 11.7. The summed E-state index contributed by atoms with van der Waals surface area (Å²) in [7, 11) is 0. The summed E-state index contributed by atoms with van der Waals surface area (Å²) in [5.41, 5.74) is 0.970. The molecule has 0 saturated heterocycles. The summed E-state index contributed by atoms with van der Waals surface area (Å²) in [4.78, 5) is 28.0. The second-order valence-corrected chi connectivity index (χ2v) is 9.41. The van der Waals surface area contributed by atoms with Crippen LogP contribution in [0.1, 0.15) is 39.4 Å². The zero-order valence-corrected chi connectivity index (χ0v) is 21.3. The largest absolute Gasteiger partial charge is 0.482 e. The quantitative estimate of drug-likeness (QED) is 0.310. The number of rotatable bonds is 8. The summed E-state index contributed by atoms with van der Waals surface area (Å²) >= 11 is 0. The van der Waals surface area contributed by atoms with Crippen LogP contribution in [0, 0.1) is 5.82 Å². The number of ether oxygens (including phenoxy) is 3. The molecule has 1 amide bonds. The van der Waals surface area contributed by atoms with Gasteiger partial charge in [-0.15, -0.1) is 0 Å². The van der Waals surface area contributed by atoms with E-state index in [1.807, 2.05) is 0 Å². The molecule has 1 atom stereocenters. The molecular weight excluding hydrogens is 495 g/mol. The van der Waals surface area contributed by atoms with E-state index in [-0.39, 0.29) is 11.6 Å². The Hall–Kier alpha value is -4.67. The van der Waals surface area contributed by atoms with Gasteiger partial charge in [0.2, 0.25) is 0 Å². The molecule has 0 unspecified atom stereocenters. The van der Waals surface area contributed by atoms with Gasteiger partial charge in [0.15, 0.2) is 18.2 Å². The molecule has 2 aromatic heterocycles. The Morgan fingerprint density at radius 1 is 1.16 bits per heavy atom. The van der Waals surface area contributed by atoms with Gasteiger partial charge in [-0.3, -0.25) is 5.32 Å². The number of carboxylic acids is 1. The van der Waals surface area contributed by atoms with E-state index in [0.717, 1.165) is 0 Å². The van der Waals surface area contributed by atoms with Crippen LogP contribution in [0.4, 0.5) is 15.0 Å². The standard InChI is InChI=1S/C27H27FN4O6/c1-16(20-14-19(36-15-24(33)34)7-9-22(20)32-11-5-10-29-32)37-23-13-17-12-18(28)6-8-21(17)30-25(23)31-26(35)38-27(2,3)4/h5-14,16H,15H2,1-4H3,(H,33,34)(H,30,31,35)/t16-/m0/s1. The summed E-state index contributed by atoms with van der Waals surface area (Å²) in [5, 5.41) is 16.4. The third-order valence-electron chi connectivity index (χ3n) is 5.22. The lowest BCUT2D eigenvalue weighted by atomic mass is 10.1. The lowest BCUT2D eigenvalue weighted by Crippen LogP contribution is -2.27. The number of aromatic nitrogens is 3. The van der Waals surface area contributed by atoms with Gasteiger partial charge in [0.1, 0.15) is 23.3 Å². The molecule has 2 aromatic carbocycles. The van der Waals surface area contributed by atoms with Gasteiger partial charge in [-0.2, -0.15) is 5.10 Å². The molecule has 38 heavy (non-hydrogen) atoms. The highest BCUT2D eigenvalue weighted by Crippen LogP contribution is 2.35. The topological polar surface area (TPSA) is 125 Å². The van der Waals surface area contributed by atoms with Crippen LogP contribution in [0.15, 0.2) is 60.9 Å². The number of carboxylic acid groups (broad SMARTS) is 1. The summed E-state index contributed by atoms with van der Waals surface area (Å²) in [6, 6.07) is 12.4. The molecule has 0 spiro atoms. The fourth-order valence-electron chi connectivity index (χ4n) is 3.67. The van der Waals surface area contributed by atoms with E-state index in [1.165, 1.54) is 18.2 Å². The van der Waals surface area contributed by atoms with Crippen molar-refractivity contribution in [1.82, 2.24) is 14.8 Å². The predicted octanol–water partition coefficient (Wildman–Crippen LogP) is 5.51. The van der Waals surface area contributed by atoms with Crippen molar-refractivity contribution in [2.75, 3.05) is 11.9 Å². The number of nitrogens with zero attached hydrogens (tertiary/aromatic N) is 3. The van der Waals surface area contributed by atoms with E-state index < -0.39 is 36.2 Å². The lowest BCUT2D eigenvalue weighted by molar-refractivity contribution is -0.139. The number of pyridine rings is 1. The smallest absolute Gasteiger partial charge is 0.413 e. The molecule has 0 aliphatic carbocycles. The van der Waals surface area contributed by atoms with E-state index in [9.17, 15) is 14.0 Å². The number of carbonyl (C=O) groups excluding carboxylic acids is 1. The number of amides is 1. The molecule has 11 heteroatoms. The maximum absolute atomic E-state index is 14.0. The highest BCUT2D eigenvalue weighted by molar-refractivity contribution is 5.90. The Bertz CT molecular complexity index is 1470.